The lowest BCUT2D eigenvalue weighted by Crippen LogP contribution is -2.20. The number of pyridine rings is 1. The Morgan fingerprint density at radius 3 is 2.56 bits per heavy atom. The van der Waals surface area contributed by atoms with Crippen LogP contribution in [-0.2, 0) is 10.6 Å². The van der Waals surface area contributed by atoms with Gasteiger partial charge < -0.3 is 9.47 Å². The van der Waals surface area contributed by atoms with Crippen LogP contribution >= 0.6 is 11.6 Å². The Bertz CT molecular complexity index is 464. The molecule has 0 atom stereocenters. The standard InChI is InChI=1S/C9H6ClF4NO3/c1-17-8(16)6-2-5(11)4(3-10)7(15-6)18-9(12,13)14/h2H,3H2,1H3. The quantitative estimate of drug-likeness (QED) is 0.487. The summed E-state index contributed by atoms with van der Waals surface area (Å²) in [5.41, 5.74) is -1.25. The molecule has 0 fully saturated rings. The van der Waals surface area contributed by atoms with Gasteiger partial charge in [-0.05, 0) is 0 Å². The maximum absolute atomic E-state index is 13.4. The van der Waals surface area contributed by atoms with Crippen molar-refractivity contribution in [3.63, 3.8) is 0 Å². The summed E-state index contributed by atoms with van der Waals surface area (Å²) in [6.45, 7) is 0. The highest BCUT2D eigenvalue weighted by Crippen LogP contribution is 2.28. The number of hydrogen-bond acceptors (Lipinski definition) is 4. The first-order valence-corrected chi connectivity index (χ1v) is 4.91. The van der Waals surface area contributed by atoms with Gasteiger partial charge in [0, 0.05) is 6.07 Å². The third-order valence-electron chi connectivity index (χ3n) is 1.77. The van der Waals surface area contributed by atoms with E-state index in [2.05, 4.69) is 14.5 Å². The average Bonchev–Trinajstić information content (AvgIpc) is 2.25. The maximum atomic E-state index is 13.4. The number of hydrogen-bond donors (Lipinski definition) is 0. The van der Waals surface area contributed by atoms with Crippen LogP contribution in [0, 0.1) is 5.82 Å². The molecule has 0 unspecified atom stereocenters. The summed E-state index contributed by atoms with van der Waals surface area (Å²) in [5.74, 6) is -3.94. The molecule has 0 N–H and O–H groups in total. The molecule has 0 aliphatic heterocycles. The molecule has 0 bridgehead atoms. The molecule has 0 saturated carbocycles. The zero-order chi connectivity index (χ0) is 13.9. The average molecular weight is 288 g/mol. The molecule has 0 radical (unpaired) electrons. The first-order chi connectivity index (χ1) is 8.28. The van der Waals surface area contributed by atoms with Crippen molar-refractivity contribution >= 4 is 17.6 Å². The van der Waals surface area contributed by atoms with Crippen LogP contribution in [0.2, 0.25) is 0 Å². The Hall–Kier alpha value is -1.57. The monoisotopic (exact) mass is 287 g/mol. The third-order valence-corrected chi connectivity index (χ3v) is 2.04. The molecule has 1 aromatic rings. The second kappa shape index (κ2) is 5.38. The summed E-state index contributed by atoms with van der Waals surface area (Å²) in [6, 6.07) is 0.618. The Morgan fingerprint density at radius 2 is 2.11 bits per heavy atom. The van der Waals surface area contributed by atoms with Crippen LogP contribution in [0.4, 0.5) is 17.6 Å². The molecule has 1 heterocycles. The lowest BCUT2D eigenvalue weighted by Gasteiger charge is -2.12. The molecule has 18 heavy (non-hydrogen) atoms. The van der Waals surface area contributed by atoms with Gasteiger partial charge in [-0.1, -0.05) is 0 Å². The van der Waals surface area contributed by atoms with E-state index >= 15 is 0 Å². The predicted octanol–water partition coefficient (Wildman–Crippen LogP) is 2.64. The van der Waals surface area contributed by atoms with Crippen molar-refractivity contribution in [2.75, 3.05) is 7.11 Å². The van der Waals surface area contributed by atoms with Gasteiger partial charge in [0.05, 0.1) is 18.6 Å². The van der Waals surface area contributed by atoms with Gasteiger partial charge in [0.15, 0.2) is 5.69 Å². The van der Waals surface area contributed by atoms with Crippen molar-refractivity contribution < 1.29 is 31.8 Å². The summed E-state index contributed by atoms with van der Waals surface area (Å²) in [7, 11) is 0.974. The Balaban J connectivity index is 3.28. The highest BCUT2D eigenvalue weighted by molar-refractivity contribution is 6.17. The predicted molar refractivity (Wildman–Crippen MR) is 51.8 cm³/mol. The number of halogens is 5. The number of aromatic nitrogens is 1. The summed E-state index contributed by atoms with van der Waals surface area (Å²) in [4.78, 5) is 14.3. The number of carbonyl (C=O) groups is 1. The van der Waals surface area contributed by atoms with Crippen LogP contribution in [0.25, 0.3) is 0 Å². The molecule has 0 saturated heterocycles. The van der Waals surface area contributed by atoms with Gasteiger partial charge in [0.1, 0.15) is 5.82 Å². The Kier molecular flexibility index (Phi) is 4.33. The smallest absolute Gasteiger partial charge is 0.464 e. The van der Waals surface area contributed by atoms with Gasteiger partial charge in [-0.3, -0.25) is 0 Å². The van der Waals surface area contributed by atoms with E-state index in [1.54, 1.807) is 0 Å². The summed E-state index contributed by atoms with van der Waals surface area (Å²) in [6.07, 6.45) is -5.07. The molecule has 0 aliphatic rings. The number of esters is 1. The summed E-state index contributed by atoms with van der Waals surface area (Å²) >= 11 is 5.29. The van der Waals surface area contributed by atoms with Crippen LogP contribution in [-0.4, -0.2) is 24.4 Å². The van der Waals surface area contributed by atoms with Gasteiger partial charge in [-0.15, -0.1) is 24.8 Å². The minimum absolute atomic E-state index is 0.592. The number of ether oxygens (including phenoxy) is 2. The fourth-order valence-corrected chi connectivity index (χ4v) is 1.28. The zero-order valence-electron chi connectivity index (χ0n) is 8.85. The van der Waals surface area contributed by atoms with E-state index in [4.69, 9.17) is 11.6 Å². The van der Waals surface area contributed by atoms with Crippen molar-refractivity contribution in [1.82, 2.24) is 4.98 Å². The number of carbonyl (C=O) groups excluding carboxylic acids is 1. The largest absolute Gasteiger partial charge is 0.574 e. The normalized spacial score (nSPS) is 11.2. The topological polar surface area (TPSA) is 48.4 Å². The van der Waals surface area contributed by atoms with Crippen molar-refractivity contribution in [2.24, 2.45) is 0 Å². The lowest BCUT2D eigenvalue weighted by molar-refractivity contribution is -0.276. The second-order valence-electron chi connectivity index (χ2n) is 2.95. The van der Waals surface area contributed by atoms with E-state index in [0.717, 1.165) is 7.11 Å². The highest BCUT2D eigenvalue weighted by atomic mass is 35.5. The molecule has 1 rings (SSSR count). The second-order valence-corrected chi connectivity index (χ2v) is 3.21. The van der Waals surface area contributed by atoms with E-state index in [-0.39, 0.29) is 0 Å². The molecule has 9 heteroatoms. The lowest BCUT2D eigenvalue weighted by atomic mass is 10.2. The molecule has 0 aliphatic carbocycles. The molecule has 1 aromatic heterocycles. The first kappa shape index (κ1) is 14.5. The van der Waals surface area contributed by atoms with E-state index in [9.17, 15) is 22.4 Å². The number of methoxy groups -OCH3 is 1. The van der Waals surface area contributed by atoms with E-state index in [0.29, 0.717) is 6.07 Å². The summed E-state index contributed by atoms with van der Waals surface area (Å²) in [5, 5.41) is 0. The molecule has 100 valence electrons. The van der Waals surface area contributed by atoms with Crippen molar-refractivity contribution in [1.29, 1.82) is 0 Å². The van der Waals surface area contributed by atoms with Crippen LogP contribution in [0.5, 0.6) is 5.88 Å². The van der Waals surface area contributed by atoms with Gasteiger partial charge in [0.2, 0.25) is 5.88 Å². The number of nitrogens with zero attached hydrogens (tertiary/aromatic N) is 1. The number of alkyl halides is 4. The van der Waals surface area contributed by atoms with E-state index in [1.807, 2.05) is 0 Å². The molecular formula is C9H6ClF4NO3. The number of rotatable bonds is 3. The van der Waals surface area contributed by atoms with E-state index < -0.39 is 41.2 Å². The van der Waals surface area contributed by atoms with Gasteiger partial charge in [0.25, 0.3) is 0 Å². The van der Waals surface area contributed by atoms with Crippen LogP contribution < -0.4 is 4.74 Å². The Labute approximate surface area is 103 Å². The molecule has 0 spiro atoms. The molecular weight excluding hydrogens is 282 g/mol. The fourth-order valence-electron chi connectivity index (χ4n) is 1.04. The van der Waals surface area contributed by atoms with Crippen LogP contribution in [0.1, 0.15) is 16.1 Å². The maximum Gasteiger partial charge on any atom is 0.574 e. The minimum Gasteiger partial charge on any atom is -0.464 e. The summed E-state index contributed by atoms with van der Waals surface area (Å²) < 4.78 is 57.3. The van der Waals surface area contributed by atoms with Crippen molar-refractivity contribution in [3.8, 4) is 5.88 Å². The van der Waals surface area contributed by atoms with E-state index in [1.165, 1.54) is 0 Å². The Morgan fingerprint density at radius 1 is 1.50 bits per heavy atom. The third kappa shape index (κ3) is 3.46. The van der Waals surface area contributed by atoms with Gasteiger partial charge >= 0.3 is 12.3 Å². The van der Waals surface area contributed by atoms with Gasteiger partial charge in [-0.25, -0.2) is 14.2 Å². The SMILES string of the molecule is COC(=O)c1cc(F)c(CCl)c(OC(F)(F)F)n1. The molecule has 0 aromatic carbocycles. The van der Waals surface area contributed by atoms with Crippen LogP contribution in [0.3, 0.4) is 0 Å². The highest BCUT2D eigenvalue weighted by Gasteiger charge is 2.34. The fraction of sp³-hybridized carbons (Fsp3) is 0.333. The van der Waals surface area contributed by atoms with Crippen LogP contribution in [0.15, 0.2) is 6.07 Å². The molecule has 4 nitrogen and oxygen atoms in total. The molecule has 0 amide bonds. The minimum atomic E-state index is -5.07. The van der Waals surface area contributed by atoms with Crippen molar-refractivity contribution in [2.45, 2.75) is 12.2 Å². The van der Waals surface area contributed by atoms with Crippen molar-refractivity contribution in [3.05, 3.63) is 23.1 Å². The first-order valence-electron chi connectivity index (χ1n) is 4.38. The zero-order valence-corrected chi connectivity index (χ0v) is 9.60. The van der Waals surface area contributed by atoms with Gasteiger partial charge in [-0.2, -0.15) is 0 Å².